The molecule has 0 spiro atoms. The molecular formula is C22H21N7O5S. The van der Waals surface area contributed by atoms with Crippen molar-refractivity contribution in [3.05, 3.63) is 87.0 Å². The largest absolute Gasteiger partial charge is 0.369 e. The first-order chi connectivity index (χ1) is 16.7. The number of fused-ring (bicyclic) bond motifs is 1. The third-order valence-corrected chi connectivity index (χ3v) is 6.74. The van der Waals surface area contributed by atoms with E-state index < -0.39 is 20.5 Å². The molecule has 0 unspecified atom stereocenters. The fourth-order valence-electron chi connectivity index (χ4n) is 3.34. The zero-order chi connectivity index (χ0) is 25.2. The molecule has 0 bridgehead atoms. The minimum Gasteiger partial charge on any atom is -0.369 e. The van der Waals surface area contributed by atoms with Crippen LogP contribution in [0.25, 0.3) is 11.2 Å². The van der Waals surface area contributed by atoms with Crippen molar-refractivity contribution in [2.75, 3.05) is 14.1 Å². The summed E-state index contributed by atoms with van der Waals surface area (Å²) in [6, 6.07) is 14.0. The van der Waals surface area contributed by atoms with E-state index in [1.165, 1.54) is 10.9 Å². The van der Waals surface area contributed by atoms with Gasteiger partial charge in [0.15, 0.2) is 11.2 Å². The van der Waals surface area contributed by atoms with Crippen molar-refractivity contribution in [2.45, 2.75) is 17.9 Å². The molecule has 0 aliphatic heterocycles. The van der Waals surface area contributed by atoms with Crippen molar-refractivity contribution in [2.24, 2.45) is 4.99 Å². The van der Waals surface area contributed by atoms with Crippen LogP contribution in [0.2, 0.25) is 0 Å². The second kappa shape index (κ2) is 9.46. The van der Waals surface area contributed by atoms with Gasteiger partial charge in [0, 0.05) is 32.8 Å². The van der Waals surface area contributed by atoms with E-state index in [9.17, 15) is 23.3 Å². The van der Waals surface area contributed by atoms with Crippen LogP contribution in [0.3, 0.4) is 0 Å². The van der Waals surface area contributed by atoms with Crippen LogP contribution < -0.4 is 5.56 Å². The minimum absolute atomic E-state index is 0.0211. The maximum absolute atomic E-state index is 13.3. The van der Waals surface area contributed by atoms with Gasteiger partial charge in [-0.25, -0.2) is 22.4 Å². The van der Waals surface area contributed by atoms with Crippen LogP contribution in [-0.2, 0) is 23.0 Å². The van der Waals surface area contributed by atoms with Crippen LogP contribution in [0.4, 0.5) is 11.6 Å². The van der Waals surface area contributed by atoms with Gasteiger partial charge in [0.25, 0.3) is 21.3 Å². The number of non-ortho nitro benzene ring substituents is 1. The molecule has 0 amide bonds. The number of hydrogen-bond acceptors (Lipinski definition) is 8. The summed E-state index contributed by atoms with van der Waals surface area (Å²) >= 11 is 0. The maximum atomic E-state index is 13.3. The Kier molecular flexibility index (Phi) is 6.42. The number of aromatic nitrogens is 4. The van der Waals surface area contributed by atoms with Crippen LogP contribution in [0.15, 0.2) is 75.6 Å². The molecule has 2 aromatic carbocycles. The number of rotatable bonds is 8. The monoisotopic (exact) mass is 495 g/mol. The van der Waals surface area contributed by atoms with Crippen molar-refractivity contribution in [1.29, 1.82) is 0 Å². The number of aliphatic imine (C=N–C) groups is 1. The highest BCUT2D eigenvalue weighted by Gasteiger charge is 2.24. The summed E-state index contributed by atoms with van der Waals surface area (Å²) in [6.45, 7) is 0.258. The fraction of sp³-hybridized carbons (Fsp3) is 0.182. The summed E-state index contributed by atoms with van der Waals surface area (Å²) in [7, 11) is -0.743. The SMILES string of the molecule is CN(C)/C=N/c1nc2c(ncn2S(=O)(=O)c2ccc([N+](=O)[O-])cc2)c(=O)n1CCc1ccccc1. The van der Waals surface area contributed by atoms with Gasteiger partial charge < -0.3 is 4.90 Å². The predicted octanol–water partition coefficient (Wildman–Crippen LogP) is 2.20. The number of nitrogens with zero attached hydrogens (tertiary/aromatic N) is 7. The number of hydrogen-bond donors (Lipinski definition) is 0. The second-order valence-electron chi connectivity index (χ2n) is 7.78. The summed E-state index contributed by atoms with van der Waals surface area (Å²) in [4.78, 5) is 37.7. The van der Waals surface area contributed by atoms with E-state index in [2.05, 4.69) is 15.0 Å². The minimum atomic E-state index is -4.24. The number of nitro benzene ring substituents is 1. The van der Waals surface area contributed by atoms with Crippen molar-refractivity contribution >= 4 is 39.2 Å². The smallest absolute Gasteiger partial charge is 0.283 e. The Labute approximate surface area is 200 Å². The van der Waals surface area contributed by atoms with Crippen LogP contribution >= 0.6 is 0 Å². The third kappa shape index (κ3) is 4.80. The number of imidazole rings is 1. The van der Waals surface area contributed by atoms with Crippen molar-refractivity contribution in [1.82, 2.24) is 23.4 Å². The Morgan fingerprint density at radius 1 is 1.11 bits per heavy atom. The molecule has 4 aromatic rings. The molecular weight excluding hydrogens is 474 g/mol. The molecule has 4 rings (SSSR count). The van der Waals surface area contributed by atoms with Crippen LogP contribution in [0, 0.1) is 10.1 Å². The molecule has 12 nitrogen and oxygen atoms in total. The maximum Gasteiger partial charge on any atom is 0.283 e. The van der Waals surface area contributed by atoms with Gasteiger partial charge in [-0.1, -0.05) is 30.3 Å². The molecule has 0 aliphatic carbocycles. The molecule has 35 heavy (non-hydrogen) atoms. The van der Waals surface area contributed by atoms with Gasteiger partial charge in [-0.3, -0.25) is 19.5 Å². The zero-order valence-corrected chi connectivity index (χ0v) is 19.7. The van der Waals surface area contributed by atoms with E-state index in [0.717, 1.165) is 40.1 Å². The van der Waals surface area contributed by atoms with Gasteiger partial charge in [0.05, 0.1) is 16.2 Å². The van der Waals surface area contributed by atoms with Crippen LogP contribution in [0.1, 0.15) is 5.56 Å². The molecule has 180 valence electrons. The number of benzene rings is 2. The molecule has 0 aliphatic rings. The zero-order valence-electron chi connectivity index (χ0n) is 18.8. The van der Waals surface area contributed by atoms with Gasteiger partial charge in [-0.2, -0.15) is 4.98 Å². The Bertz CT molecular complexity index is 1570. The summed E-state index contributed by atoms with van der Waals surface area (Å²) < 4.78 is 28.6. The quantitative estimate of drug-likeness (QED) is 0.156. The summed E-state index contributed by atoms with van der Waals surface area (Å²) in [5.41, 5.74) is -0.0930. The summed E-state index contributed by atoms with van der Waals surface area (Å²) in [5.74, 6) is 0.0211. The topological polar surface area (TPSA) is 146 Å². The van der Waals surface area contributed by atoms with E-state index in [0.29, 0.717) is 6.42 Å². The molecule has 13 heteroatoms. The molecule has 0 saturated heterocycles. The van der Waals surface area contributed by atoms with Gasteiger partial charge in [-0.15, -0.1) is 0 Å². The molecule has 0 saturated carbocycles. The van der Waals surface area contributed by atoms with Crippen LogP contribution in [0.5, 0.6) is 0 Å². The summed E-state index contributed by atoms with van der Waals surface area (Å²) in [6.07, 6.45) is 2.98. The lowest BCUT2D eigenvalue weighted by Gasteiger charge is -2.11. The first-order valence-electron chi connectivity index (χ1n) is 10.4. The van der Waals surface area contributed by atoms with E-state index >= 15 is 0 Å². The van der Waals surface area contributed by atoms with Crippen molar-refractivity contribution in [3.63, 3.8) is 0 Å². The van der Waals surface area contributed by atoms with Crippen molar-refractivity contribution < 1.29 is 13.3 Å². The lowest BCUT2D eigenvalue weighted by molar-refractivity contribution is -0.384. The molecule has 2 heterocycles. The predicted molar refractivity (Wildman–Crippen MR) is 129 cm³/mol. The van der Waals surface area contributed by atoms with Crippen LogP contribution in [-0.4, -0.2) is 57.2 Å². The van der Waals surface area contributed by atoms with E-state index in [4.69, 9.17) is 0 Å². The highest BCUT2D eigenvalue weighted by atomic mass is 32.2. The Hall–Kier alpha value is -4.39. The second-order valence-corrected chi connectivity index (χ2v) is 9.60. The first-order valence-corrected chi connectivity index (χ1v) is 11.8. The standard InChI is InChI=1S/C22H21N7O5S/c1-26(2)14-24-22-25-20-19(21(30)27(22)13-12-16-6-4-3-5-7-16)23-15-28(20)35(33,34)18-10-8-17(9-11-18)29(31)32/h3-11,14-15H,12-13H2,1-2H3/b24-14+. The molecule has 0 atom stereocenters. The lowest BCUT2D eigenvalue weighted by Crippen LogP contribution is -2.24. The van der Waals surface area contributed by atoms with E-state index in [1.807, 2.05) is 30.3 Å². The normalized spacial score (nSPS) is 11.8. The molecule has 2 aromatic heterocycles. The average molecular weight is 496 g/mol. The van der Waals surface area contributed by atoms with Gasteiger partial charge in [-0.05, 0) is 24.1 Å². The number of nitro groups is 1. The molecule has 0 N–H and O–H groups in total. The van der Waals surface area contributed by atoms with E-state index in [-0.39, 0.29) is 34.2 Å². The number of aryl methyl sites for hydroxylation is 1. The van der Waals surface area contributed by atoms with Gasteiger partial charge in [0.2, 0.25) is 5.95 Å². The molecule has 0 fully saturated rings. The third-order valence-electron chi connectivity index (χ3n) is 5.08. The summed E-state index contributed by atoms with van der Waals surface area (Å²) in [5, 5.41) is 10.9. The first kappa shape index (κ1) is 23.8. The van der Waals surface area contributed by atoms with Gasteiger partial charge in [0.1, 0.15) is 6.33 Å². The molecule has 0 radical (unpaired) electrons. The lowest BCUT2D eigenvalue weighted by atomic mass is 10.1. The van der Waals surface area contributed by atoms with Crippen molar-refractivity contribution in [3.8, 4) is 0 Å². The average Bonchev–Trinajstić information content (AvgIpc) is 3.28. The Morgan fingerprint density at radius 2 is 1.80 bits per heavy atom. The Morgan fingerprint density at radius 3 is 2.43 bits per heavy atom. The van der Waals surface area contributed by atoms with Gasteiger partial charge >= 0.3 is 0 Å². The fourth-order valence-corrected chi connectivity index (χ4v) is 4.57. The highest BCUT2D eigenvalue weighted by molar-refractivity contribution is 7.90. The van der Waals surface area contributed by atoms with E-state index in [1.54, 1.807) is 19.0 Å². The Balaban J connectivity index is 1.82. The highest BCUT2D eigenvalue weighted by Crippen LogP contribution is 2.22.